The minimum absolute atomic E-state index is 0.108. The van der Waals surface area contributed by atoms with E-state index in [-0.39, 0.29) is 5.75 Å². The van der Waals surface area contributed by atoms with Crippen LogP contribution >= 0.6 is 19.5 Å². The summed E-state index contributed by atoms with van der Waals surface area (Å²) >= 11 is 6.06. The second kappa shape index (κ2) is 9.05. The number of benzene rings is 4. The maximum absolute atomic E-state index is 10.1. The average molecular weight is 416 g/mol. The molecule has 4 heteroatoms. The first kappa shape index (κ1) is 19.4. The van der Waals surface area contributed by atoms with E-state index in [1.165, 1.54) is 15.9 Å². The summed E-state index contributed by atoms with van der Waals surface area (Å²) in [5.41, 5.74) is 1.47. The Hall–Kier alpha value is -2.93. The van der Waals surface area contributed by atoms with Crippen molar-refractivity contribution in [1.82, 2.24) is 0 Å². The summed E-state index contributed by atoms with van der Waals surface area (Å²) in [7, 11) is -0.741. The molecule has 0 radical (unpaired) electrons. The lowest BCUT2D eigenvalue weighted by Crippen LogP contribution is -2.23. The molecule has 0 aliphatic rings. The van der Waals surface area contributed by atoms with Crippen LogP contribution in [0.1, 0.15) is 5.56 Å². The number of halogens is 1. The topological polar surface area (TPSA) is 32.6 Å². The number of rotatable bonds is 5. The molecule has 142 valence electrons. The molecule has 0 amide bonds. The van der Waals surface area contributed by atoms with Crippen molar-refractivity contribution >= 4 is 47.3 Å². The van der Waals surface area contributed by atoms with Crippen molar-refractivity contribution in [1.29, 1.82) is 0 Å². The van der Waals surface area contributed by atoms with E-state index in [9.17, 15) is 5.11 Å². The van der Waals surface area contributed by atoms with Gasteiger partial charge >= 0.3 is 0 Å². The predicted molar refractivity (Wildman–Crippen MR) is 126 cm³/mol. The van der Waals surface area contributed by atoms with Gasteiger partial charge in [-0.15, -0.1) is 0 Å². The van der Waals surface area contributed by atoms with Crippen molar-refractivity contribution < 1.29 is 5.11 Å². The number of aromatic hydroxyl groups is 1. The first-order valence-corrected chi connectivity index (χ1v) is 11.0. The molecule has 0 fully saturated rings. The molecule has 0 aromatic heterocycles. The molecule has 0 spiro atoms. The zero-order chi connectivity index (χ0) is 20.1. The molecular weight excluding hydrogens is 397 g/mol. The average Bonchev–Trinajstić information content (AvgIpc) is 2.77. The van der Waals surface area contributed by atoms with Gasteiger partial charge in [0.05, 0.1) is 0 Å². The monoisotopic (exact) mass is 415 g/mol. The lowest BCUT2D eigenvalue weighted by Gasteiger charge is -2.21. The Balaban J connectivity index is 1.81. The van der Waals surface area contributed by atoms with Gasteiger partial charge in [0, 0.05) is 16.8 Å². The largest absolute Gasteiger partial charge is 0.506 e. The maximum atomic E-state index is 10.1. The Morgan fingerprint density at radius 2 is 1.31 bits per heavy atom. The van der Waals surface area contributed by atoms with Gasteiger partial charge in [0.1, 0.15) is 11.4 Å². The SMILES string of the molecule is Oc1ccc(Cl)cc1/N=C/c1ccccc1P(c1ccccc1)c1ccccc1. The normalized spacial score (nSPS) is 11.2. The van der Waals surface area contributed by atoms with Crippen LogP contribution in [0.15, 0.2) is 108 Å². The van der Waals surface area contributed by atoms with Crippen molar-refractivity contribution in [3.8, 4) is 5.75 Å². The molecule has 4 rings (SSSR count). The van der Waals surface area contributed by atoms with Crippen LogP contribution in [-0.4, -0.2) is 11.3 Å². The zero-order valence-electron chi connectivity index (χ0n) is 15.6. The number of nitrogens with zero attached hydrogens (tertiary/aromatic N) is 1. The van der Waals surface area contributed by atoms with E-state index in [1.807, 2.05) is 24.4 Å². The van der Waals surface area contributed by atoms with Crippen LogP contribution in [0.5, 0.6) is 5.75 Å². The van der Waals surface area contributed by atoms with E-state index < -0.39 is 7.92 Å². The molecule has 1 N–H and O–H groups in total. The Labute approximate surface area is 176 Å². The molecule has 0 aliphatic carbocycles. The van der Waals surface area contributed by atoms with Gasteiger partial charge in [-0.3, -0.25) is 4.99 Å². The lowest BCUT2D eigenvalue weighted by molar-refractivity contribution is 0.477. The number of phenols is 1. The van der Waals surface area contributed by atoms with Crippen LogP contribution in [0.3, 0.4) is 0 Å². The Bertz CT molecular complexity index is 1090. The molecule has 2 nitrogen and oxygen atoms in total. The van der Waals surface area contributed by atoms with Gasteiger partial charge in [-0.1, -0.05) is 96.5 Å². The van der Waals surface area contributed by atoms with Crippen LogP contribution in [0.2, 0.25) is 5.02 Å². The zero-order valence-corrected chi connectivity index (χ0v) is 17.3. The molecule has 0 heterocycles. The number of phenolic OH excluding ortho intramolecular Hbond substituents is 1. The van der Waals surface area contributed by atoms with Gasteiger partial charge in [-0.2, -0.15) is 0 Å². The van der Waals surface area contributed by atoms with Crippen LogP contribution in [0.4, 0.5) is 5.69 Å². The molecule has 29 heavy (non-hydrogen) atoms. The molecule has 0 saturated heterocycles. The number of hydrogen-bond acceptors (Lipinski definition) is 2. The standard InChI is InChI=1S/C25H19ClNOP/c26-20-15-16-24(28)23(17-20)27-18-19-9-7-8-14-25(19)29(21-10-3-1-4-11-21)22-12-5-2-6-13-22/h1-18,28H/b27-18+. The fourth-order valence-corrected chi connectivity index (χ4v) is 5.71. The molecule has 0 saturated carbocycles. The van der Waals surface area contributed by atoms with E-state index in [0.717, 1.165) is 5.56 Å². The van der Waals surface area contributed by atoms with E-state index in [4.69, 9.17) is 11.6 Å². The Morgan fingerprint density at radius 1 is 0.724 bits per heavy atom. The van der Waals surface area contributed by atoms with Crippen LogP contribution in [0.25, 0.3) is 0 Å². The summed E-state index contributed by atoms with van der Waals surface area (Å²) in [6.07, 6.45) is 1.81. The van der Waals surface area contributed by atoms with Crippen molar-refractivity contribution in [2.75, 3.05) is 0 Å². The van der Waals surface area contributed by atoms with Gasteiger partial charge in [0.2, 0.25) is 0 Å². The van der Waals surface area contributed by atoms with Gasteiger partial charge < -0.3 is 5.11 Å². The van der Waals surface area contributed by atoms with Crippen LogP contribution in [-0.2, 0) is 0 Å². The number of hydrogen-bond donors (Lipinski definition) is 1. The fourth-order valence-electron chi connectivity index (χ4n) is 3.12. The Kier molecular flexibility index (Phi) is 6.05. The van der Waals surface area contributed by atoms with Gasteiger partial charge in [-0.25, -0.2) is 0 Å². The molecular formula is C25H19ClNOP. The van der Waals surface area contributed by atoms with Gasteiger partial charge in [0.25, 0.3) is 0 Å². The molecule has 4 aromatic carbocycles. The highest BCUT2D eigenvalue weighted by atomic mass is 35.5. The maximum Gasteiger partial charge on any atom is 0.141 e. The second-order valence-corrected chi connectivity index (χ2v) is 9.08. The molecule has 0 atom stereocenters. The first-order chi connectivity index (χ1) is 14.2. The molecule has 4 aromatic rings. The summed E-state index contributed by atoms with van der Waals surface area (Å²) in [6, 6.07) is 34.2. The summed E-state index contributed by atoms with van der Waals surface area (Å²) < 4.78 is 0. The summed E-state index contributed by atoms with van der Waals surface area (Å²) in [6.45, 7) is 0. The molecule has 0 aliphatic heterocycles. The highest BCUT2D eigenvalue weighted by Gasteiger charge is 2.18. The third kappa shape index (κ3) is 4.56. The summed E-state index contributed by atoms with van der Waals surface area (Å²) in [5, 5.41) is 14.4. The van der Waals surface area contributed by atoms with Crippen molar-refractivity contribution in [2.24, 2.45) is 4.99 Å². The van der Waals surface area contributed by atoms with E-state index in [0.29, 0.717) is 10.7 Å². The van der Waals surface area contributed by atoms with Crippen molar-refractivity contribution in [2.45, 2.75) is 0 Å². The minimum Gasteiger partial charge on any atom is -0.506 e. The van der Waals surface area contributed by atoms with Crippen LogP contribution in [0, 0.1) is 0 Å². The predicted octanol–water partition coefficient (Wildman–Crippen LogP) is 5.55. The lowest BCUT2D eigenvalue weighted by atomic mass is 10.2. The fraction of sp³-hybridized carbons (Fsp3) is 0. The number of aliphatic imine (C=N–C) groups is 1. The first-order valence-electron chi connectivity index (χ1n) is 9.24. The summed E-state index contributed by atoms with van der Waals surface area (Å²) in [5.74, 6) is 0.108. The summed E-state index contributed by atoms with van der Waals surface area (Å²) in [4.78, 5) is 4.52. The van der Waals surface area contributed by atoms with Crippen molar-refractivity contribution in [3.05, 3.63) is 114 Å². The Morgan fingerprint density at radius 3 is 1.97 bits per heavy atom. The molecule has 0 unspecified atom stereocenters. The highest BCUT2D eigenvalue weighted by Crippen LogP contribution is 2.34. The third-order valence-electron chi connectivity index (χ3n) is 4.49. The highest BCUT2D eigenvalue weighted by molar-refractivity contribution is 7.80. The molecule has 0 bridgehead atoms. The third-order valence-corrected chi connectivity index (χ3v) is 7.24. The van der Waals surface area contributed by atoms with Crippen LogP contribution < -0.4 is 15.9 Å². The van der Waals surface area contributed by atoms with Gasteiger partial charge in [0.15, 0.2) is 0 Å². The van der Waals surface area contributed by atoms with E-state index in [1.54, 1.807) is 18.2 Å². The second-order valence-electron chi connectivity index (χ2n) is 6.46. The smallest absolute Gasteiger partial charge is 0.141 e. The van der Waals surface area contributed by atoms with E-state index in [2.05, 4.69) is 71.7 Å². The van der Waals surface area contributed by atoms with E-state index >= 15 is 0 Å². The van der Waals surface area contributed by atoms with Gasteiger partial charge in [-0.05, 0) is 42.0 Å². The quantitative estimate of drug-likeness (QED) is 0.336. The minimum atomic E-state index is -0.741. The van der Waals surface area contributed by atoms with Crippen molar-refractivity contribution in [3.63, 3.8) is 0 Å².